The van der Waals surface area contributed by atoms with Crippen molar-refractivity contribution in [3.63, 3.8) is 0 Å². The van der Waals surface area contributed by atoms with Crippen molar-refractivity contribution in [3.8, 4) is 0 Å². The Morgan fingerprint density at radius 1 is 0.889 bits per heavy atom. The molecule has 106 valence electrons. The number of aliphatic carboxylic acids is 2. The Kier molecular flexibility index (Phi) is 10.2. The molecule has 2 unspecified atom stereocenters. The Morgan fingerprint density at radius 3 is 1.89 bits per heavy atom. The molecule has 0 radical (unpaired) electrons. The van der Waals surface area contributed by atoms with E-state index in [1.165, 1.54) is 0 Å². The summed E-state index contributed by atoms with van der Waals surface area (Å²) in [7, 11) is 0. The minimum atomic E-state index is -1.08. The Balaban J connectivity index is 3.35. The second-order valence-corrected chi connectivity index (χ2v) is 5.34. The zero-order valence-electron chi connectivity index (χ0n) is 10.3. The van der Waals surface area contributed by atoms with Crippen molar-refractivity contribution < 1.29 is 19.8 Å². The molecule has 0 fully saturated rings. The van der Waals surface area contributed by atoms with Crippen LogP contribution in [0.4, 0.5) is 0 Å². The van der Waals surface area contributed by atoms with Gasteiger partial charge >= 0.3 is 11.9 Å². The molecule has 2 N–H and O–H groups in total. The fourth-order valence-corrected chi connectivity index (χ4v) is 2.01. The number of unbranched alkanes of at least 4 members (excludes halogenated alkanes) is 5. The Morgan fingerprint density at radius 2 is 1.39 bits per heavy atom. The van der Waals surface area contributed by atoms with Crippen LogP contribution in [0, 0.1) is 0 Å². The van der Waals surface area contributed by atoms with Crippen LogP contribution >= 0.6 is 23.2 Å². The van der Waals surface area contributed by atoms with Crippen molar-refractivity contribution in [2.24, 2.45) is 0 Å². The Labute approximate surface area is 117 Å². The summed E-state index contributed by atoms with van der Waals surface area (Å²) in [6.45, 7) is 0. The average Bonchev–Trinajstić information content (AvgIpc) is 2.30. The van der Waals surface area contributed by atoms with E-state index in [9.17, 15) is 9.59 Å². The van der Waals surface area contributed by atoms with Gasteiger partial charge in [0, 0.05) is 6.42 Å². The van der Waals surface area contributed by atoms with Crippen LogP contribution in [0.15, 0.2) is 0 Å². The summed E-state index contributed by atoms with van der Waals surface area (Å²) in [5.74, 6) is -1.83. The van der Waals surface area contributed by atoms with Crippen molar-refractivity contribution in [2.75, 3.05) is 0 Å². The van der Waals surface area contributed by atoms with Crippen LogP contribution in [-0.2, 0) is 9.59 Å². The highest BCUT2D eigenvalue weighted by atomic mass is 35.5. The maximum atomic E-state index is 10.5. The molecule has 0 amide bonds. The fraction of sp³-hybridized carbons (Fsp3) is 0.833. The molecule has 18 heavy (non-hydrogen) atoms. The van der Waals surface area contributed by atoms with Gasteiger partial charge in [-0.25, -0.2) is 0 Å². The first-order valence-corrected chi connectivity index (χ1v) is 7.05. The molecular weight excluding hydrogens is 279 g/mol. The van der Waals surface area contributed by atoms with Crippen LogP contribution < -0.4 is 0 Å². The van der Waals surface area contributed by atoms with Gasteiger partial charge in [-0.2, -0.15) is 0 Å². The summed E-state index contributed by atoms with van der Waals surface area (Å²) >= 11 is 11.4. The van der Waals surface area contributed by atoms with Gasteiger partial charge in [-0.05, 0) is 12.8 Å². The lowest BCUT2D eigenvalue weighted by Crippen LogP contribution is -2.24. The molecule has 6 heteroatoms. The monoisotopic (exact) mass is 298 g/mol. The number of carboxylic acids is 2. The van der Waals surface area contributed by atoms with Gasteiger partial charge in [-0.1, -0.05) is 32.1 Å². The molecule has 0 heterocycles. The van der Waals surface area contributed by atoms with Gasteiger partial charge in [0.05, 0.1) is 5.38 Å². The predicted octanol–water partition coefficient (Wildman–Crippen LogP) is 3.49. The van der Waals surface area contributed by atoms with Crippen molar-refractivity contribution >= 4 is 35.1 Å². The van der Waals surface area contributed by atoms with E-state index in [2.05, 4.69) is 0 Å². The third kappa shape index (κ3) is 9.54. The second-order valence-electron chi connectivity index (χ2n) is 4.31. The molecule has 0 saturated carbocycles. The van der Waals surface area contributed by atoms with Gasteiger partial charge in [-0.15, -0.1) is 23.2 Å². The first-order valence-electron chi connectivity index (χ1n) is 6.18. The van der Waals surface area contributed by atoms with E-state index in [1.807, 2.05) is 0 Å². The first-order chi connectivity index (χ1) is 8.45. The zero-order valence-corrected chi connectivity index (χ0v) is 11.8. The van der Waals surface area contributed by atoms with Gasteiger partial charge < -0.3 is 10.2 Å². The van der Waals surface area contributed by atoms with Gasteiger partial charge in [0.25, 0.3) is 0 Å². The normalized spacial score (nSPS) is 14.1. The SMILES string of the molecule is O=C(O)CCCCCCCCC(Cl)C(Cl)C(=O)O. The summed E-state index contributed by atoms with van der Waals surface area (Å²) < 4.78 is 0. The molecule has 0 aliphatic carbocycles. The molecule has 2 atom stereocenters. The fourth-order valence-electron chi connectivity index (χ4n) is 1.62. The van der Waals surface area contributed by atoms with E-state index in [1.54, 1.807) is 0 Å². The minimum Gasteiger partial charge on any atom is -0.481 e. The highest BCUT2D eigenvalue weighted by Crippen LogP contribution is 2.18. The van der Waals surface area contributed by atoms with Crippen LogP contribution in [0.1, 0.15) is 51.4 Å². The van der Waals surface area contributed by atoms with Crippen LogP contribution in [-0.4, -0.2) is 32.9 Å². The Bertz CT molecular complexity index is 258. The summed E-state index contributed by atoms with van der Waals surface area (Å²) in [6.07, 6.45) is 6.31. The molecule has 0 aromatic rings. The third-order valence-corrected chi connectivity index (χ3v) is 3.76. The lowest BCUT2D eigenvalue weighted by molar-refractivity contribution is -0.137. The molecule has 0 spiro atoms. The van der Waals surface area contributed by atoms with Crippen LogP contribution in [0.3, 0.4) is 0 Å². The van der Waals surface area contributed by atoms with E-state index >= 15 is 0 Å². The van der Waals surface area contributed by atoms with Crippen LogP contribution in [0.5, 0.6) is 0 Å². The molecule has 0 saturated heterocycles. The third-order valence-electron chi connectivity index (χ3n) is 2.67. The van der Waals surface area contributed by atoms with E-state index in [0.717, 1.165) is 38.5 Å². The van der Waals surface area contributed by atoms with Crippen LogP contribution in [0.25, 0.3) is 0 Å². The standard InChI is InChI=1S/C12H20Cl2O4/c13-9(11(14)12(17)18)7-5-3-1-2-4-6-8-10(15)16/h9,11H,1-8H2,(H,15,16)(H,17,18). The van der Waals surface area contributed by atoms with Crippen molar-refractivity contribution in [3.05, 3.63) is 0 Å². The van der Waals surface area contributed by atoms with E-state index in [4.69, 9.17) is 33.4 Å². The van der Waals surface area contributed by atoms with Crippen LogP contribution in [0.2, 0.25) is 0 Å². The molecule has 0 bridgehead atoms. The molecule has 4 nitrogen and oxygen atoms in total. The van der Waals surface area contributed by atoms with Gasteiger partial charge in [0.2, 0.25) is 0 Å². The van der Waals surface area contributed by atoms with Gasteiger partial charge in [0.15, 0.2) is 0 Å². The van der Waals surface area contributed by atoms with Crippen molar-refractivity contribution in [2.45, 2.75) is 62.1 Å². The number of carboxylic acid groups (broad SMARTS) is 2. The summed E-state index contributed by atoms with van der Waals surface area (Å²) in [6, 6.07) is 0. The quantitative estimate of drug-likeness (QED) is 0.452. The maximum Gasteiger partial charge on any atom is 0.323 e. The minimum absolute atomic E-state index is 0.232. The zero-order chi connectivity index (χ0) is 14.0. The molecule has 0 aromatic heterocycles. The van der Waals surface area contributed by atoms with Crippen molar-refractivity contribution in [1.29, 1.82) is 0 Å². The predicted molar refractivity (Wildman–Crippen MR) is 71.5 cm³/mol. The molecule has 0 aromatic carbocycles. The highest BCUT2D eigenvalue weighted by molar-refractivity contribution is 6.36. The summed E-state index contributed by atoms with van der Waals surface area (Å²) in [4.78, 5) is 20.8. The molecule has 0 rings (SSSR count). The number of alkyl halides is 2. The van der Waals surface area contributed by atoms with Gasteiger partial charge in [0.1, 0.15) is 5.38 Å². The first kappa shape index (κ1) is 17.5. The average molecular weight is 299 g/mol. The molecular formula is C12H20Cl2O4. The van der Waals surface area contributed by atoms with E-state index in [-0.39, 0.29) is 6.42 Å². The lowest BCUT2D eigenvalue weighted by atomic mass is 10.1. The molecule has 0 aliphatic heterocycles. The number of rotatable bonds is 11. The highest BCUT2D eigenvalue weighted by Gasteiger charge is 2.22. The topological polar surface area (TPSA) is 74.6 Å². The van der Waals surface area contributed by atoms with Crippen molar-refractivity contribution in [1.82, 2.24) is 0 Å². The smallest absolute Gasteiger partial charge is 0.323 e. The van der Waals surface area contributed by atoms with E-state index in [0.29, 0.717) is 6.42 Å². The number of hydrogen-bond donors (Lipinski definition) is 2. The lowest BCUT2D eigenvalue weighted by Gasteiger charge is -2.11. The summed E-state index contributed by atoms with van der Waals surface area (Å²) in [5, 5.41) is 15.5. The maximum absolute atomic E-state index is 10.5. The number of halogens is 2. The largest absolute Gasteiger partial charge is 0.481 e. The number of carbonyl (C=O) groups is 2. The summed E-state index contributed by atoms with van der Waals surface area (Å²) in [5.41, 5.74) is 0. The van der Waals surface area contributed by atoms with Gasteiger partial charge in [-0.3, -0.25) is 9.59 Å². The number of hydrogen-bond acceptors (Lipinski definition) is 2. The second kappa shape index (κ2) is 10.4. The molecule has 0 aliphatic rings. The Hall–Kier alpha value is -0.480. The van der Waals surface area contributed by atoms with E-state index < -0.39 is 22.7 Å².